The van der Waals surface area contributed by atoms with Gasteiger partial charge in [-0.15, -0.1) is 0 Å². The average molecular weight is 301 g/mol. The predicted molar refractivity (Wildman–Crippen MR) is 81.9 cm³/mol. The lowest BCUT2D eigenvalue weighted by molar-refractivity contribution is -0.385. The number of hydrogen-bond donors (Lipinski definition) is 1. The van der Waals surface area contributed by atoms with Crippen LogP contribution in [0, 0.1) is 17.0 Å². The summed E-state index contributed by atoms with van der Waals surface area (Å²) in [7, 11) is 0. The van der Waals surface area contributed by atoms with Crippen LogP contribution in [0.3, 0.4) is 0 Å². The third-order valence-electron chi connectivity index (χ3n) is 3.25. The number of nitro groups is 1. The van der Waals surface area contributed by atoms with Crippen molar-refractivity contribution in [2.24, 2.45) is 0 Å². The fraction of sp³-hybridized carbons (Fsp3) is 0.200. The number of amides is 1. The zero-order chi connectivity index (χ0) is 16.3. The van der Waals surface area contributed by atoms with Crippen LogP contribution in [-0.2, 0) is 4.79 Å². The molecule has 1 aromatic heterocycles. The molecule has 1 heterocycles. The van der Waals surface area contributed by atoms with E-state index in [2.05, 4.69) is 5.32 Å². The highest BCUT2D eigenvalue weighted by molar-refractivity contribution is 5.93. The van der Waals surface area contributed by atoms with E-state index in [0.29, 0.717) is 5.69 Å². The first-order valence-corrected chi connectivity index (χ1v) is 6.62. The molecule has 0 bridgehead atoms. The first-order valence-electron chi connectivity index (χ1n) is 6.62. The maximum Gasteiger partial charge on any atom is 0.285 e. The van der Waals surface area contributed by atoms with Gasteiger partial charge in [-0.2, -0.15) is 0 Å². The van der Waals surface area contributed by atoms with E-state index in [1.807, 2.05) is 19.1 Å². The maximum atomic E-state index is 12.2. The molecular weight excluding hydrogens is 286 g/mol. The lowest BCUT2D eigenvalue weighted by Gasteiger charge is -2.14. The van der Waals surface area contributed by atoms with Crippen LogP contribution in [0.15, 0.2) is 47.4 Å². The summed E-state index contributed by atoms with van der Waals surface area (Å²) in [5, 5.41) is 13.4. The van der Waals surface area contributed by atoms with E-state index >= 15 is 0 Å². The highest BCUT2D eigenvalue weighted by Crippen LogP contribution is 2.14. The number of carbonyl (C=O) groups excluding carboxylic acids is 1. The van der Waals surface area contributed by atoms with Gasteiger partial charge in [0.25, 0.3) is 11.2 Å². The number of aromatic nitrogens is 1. The maximum absolute atomic E-state index is 12.2. The Morgan fingerprint density at radius 1 is 1.23 bits per heavy atom. The number of anilines is 1. The van der Waals surface area contributed by atoms with Crippen LogP contribution < -0.4 is 10.9 Å². The second kappa shape index (κ2) is 6.21. The second-order valence-corrected chi connectivity index (χ2v) is 4.92. The Hall–Kier alpha value is -2.96. The topological polar surface area (TPSA) is 94.2 Å². The lowest BCUT2D eigenvalue weighted by atomic mass is 10.2. The molecule has 7 heteroatoms. The Kier molecular flexibility index (Phi) is 4.36. The summed E-state index contributed by atoms with van der Waals surface area (Å²) in [6, 6.07) is 8.51. The van der Waals surface area contributed by atoms with Crippen LogP contribution >= 0.6 is 0 Å². The molecule has 0 aliphatic heterocycles. The van der Waals surface area contributed by atoms with Crippen molar-refractivity contribution in [3.8, 4) is 0 Å². The van der Waals surface area contributed by atoms with Crippen molar-refractivity contribution in [2.75, 3.05) is 5.32 Å². The van der Waals surface area contributed by atoms with Crippen LogP contribution in [0.5, 0.6) is 0 Å². The van der Waals surface area contributed by atoms with Crippen molar-refractivity contribution in [1.82, 2.24) is 4.57 Å². The molecule has 7 nitrogen and oxygen atoms in total. The molecule has 114 valence electrons. The monoisotopic (exact) mass is 301 g/mol. The molecule has 22 heavy (non-hydrogen) atoms. The molecule has 1 atom stereocenters. The fourth-order valence-corrected chi connectivity index (χ4v) is 1.91. The largest absolute Gasteiger partial charge is 0.324 e. The first kappa shape index (κ1) is 15.4. The minimum atomic E-state index is -0.867. The van der Waals surface area contributed by atoms with E-state index < -0.39 is 22.4 Å². The molecule has 0 saturated carbocycles. The minimum absolute atomic E-state index is 0.241. The van der Waals surface area contributed by atoms with Gasteiger partial charge in [-0.3, -0.25) is 24.3 Å². The Labute approximate surface area is 126 Å². The summed E-state index contributed by atoms with van der Waals surface area (Å²) >= 11 is 0. The molecule has 0 saturated heterocycles. The molecule has 0 aliphatic rings. The fourth-order valence-electron chi connectivity index (χ4n) is 1.91. The second-order valence-electron chi connectivity index (χ2n) is 4.92. The Bertz CT molecular complexity index is 765. The molecular formula is C15H15N3O4. The van der Waals surface area contributed by atoms with Gasteiger partial charge in [-0.1, -0.05) is 17.7 Å². The highest BCUT2D eigenvalue weighted by Gasteiger charge is 2.18. The summed E-state index contributed by atoms with van der Waals surface area (Å²) in [6.45, 7) is 3.44. The van der Waals surface area contributed by atoms with Crippen molar-refractivity contribution in [3.63, 3.8) is 0 Å². The predicted octanol–water partition coefficient (Wildman–Crippen LogP) is 2.26. The van der Waals surface area contributed by atoms with Gasteiger partial charge in [-0.25, -0.2) is 0 Å². The van der Waals surface area contributed by atoms with Gasteiger partial charge in [-0.05, 0) is 26.0 Å². The number of pyridine rings is 1. The van der Waals surface area contributed by atoms with Crippen molar-refractivity contribution in [3.05, 3.63) is 68.6 Å². The Balaban J connectivity index is 2.23. The highest BCUT2D eigenvalue weighted by atomic mass is 16.6. The molecule has 0 radical (unpaired) electrons. The van der Waals surface area contributed by atoms with Gasteiger partial charge in [0.15, 0.2) is 0 Å². The molecule has 0 fully saturated rings. The molecule has 1 amide bonds. The van der Waals surface area contributed by atoms with Crippen LogP contribution in [0.4, 0.5) is 11.4 Å². The smallest absolute Gasteiger partial charge is 0.285 e. The van der Waals surface area contributed by atoms with E-state index in [-0.39, 0.29) is 5.69 Å². The van der Waals surface area contributed by atoms with E-state index in [9.17, 15) is 19.7 Å². The van der Waals surface area contributed by atoms with Gasteiger partial charge in [0, 0.05) is 17.8 Å². The molecule has 0 aliphatic carbocycles. The molecule has 1 aromatic carbocycles. The first-order chi connectivity index (χ1) is 10.4. The van der Waals surface area contributed by atoms with Crippen LogP contribution in [0.2, 0.25) is 0 Å². The van der Waals surface area contributed by atoms with E-state index in [1.165, 1.54) is 6.92 Å². The number of aryl methyl sites for hydroxylation is 1. The van der Waals surface area contributed by atoms with Crippen LogP contribution in [0.25, 0.3) is 0 Å². The average Bonchev–Trinajstić information content (AvgIpc) is 2.49. The van der Waals surface area contributed by atoms with Gasteiger partial charge in [0.1, 0.15) is 6.04 Å². The zero-order valence-electron chi connectivity index (χ0n) is 12.1. The zero-order valence-corrected chi connectivity index (χ0v) is 12.1. The summed E-state index contributed by atoms with van der Waals surface area (Å²) in [4.78, 5) is 34.1. The van der Waals surface area contributed by atoms with Crippen LogP contribution in [-0.4, -0.2) is 15.4 Å². The Morgan fingerprint density at radius 3 is 2.45 bits per heavy atom. The van der Waals surface area contributed by atoms with Gasteiger partial charge in [0.2, 0.25) is 5.91 Å². The van der Waals surface area contributed by atoms with Crippen molar-refractivity contribution in [2.45, 2.75) is 19.9 Å². The SMILES string of the molecule is Cc1ccc(NC(=O)[C@@H](C)n2cc([N+](=O)[O-])ccc2=O)cc1. The molecule has 0 spiro atoms. The summed E-state index contributed by atoms with van der Waals surface area (Å²) < 4.78 is 1.04. The number of benzene rings is 1. The third-order valence-corrected chi connectivity index (χ3v) is 3.25. The number of rotatable bonds is 4. The normalized spacial score (nSPS) is 11.7. The minimum Gasteiger partial charge on any atom is -0.324 e. The van der Waals surface area contributed by atoms with E-state index in [4.69, 9.17) is 0 Å². The standard InChI is InChI=1S/C15H15N3O4/c1-10-3-5-12(6-4-10)16-15(20)11(2)17-9-13(18(21)22)7-8-14(17)19/h3-9,11H,1-2H3,(H,16,20)/t11-/m1/s1. The summed E-state index contributed by atoms with van der Waals surface area (Å²) in [5.41, 5.74) is 0.939. The van der Waals surface area contributed by atoms with Gasteiger partial charge >= 0.3 is 0 Å². The molecule has 0 unspecified atom stereocenters. The van der Waals surface area contributed by atoms with Gasteiger partial charge < -0.3 is 5.32 Å². The lowest BCUT2D eigenvalue weighted by Crippen LogP contribution is -2.31. The van der Waals surface area contributed by atoms with E-state index in [1.54, 1.807) is 12.1 Å². The summed E-state index contributed by atoms with van der Waals surface area (Å²) in [5.74, 6) is -0.425. The molecule has 1 N–H and O–H groups in total. The molecule has 2 rings (SSSR count). The number of nitrogens with zero attached hydrogens (tertiary/aromatic N) is 2. The number of carbonyl (C=O) groups is 1. The van der Waals surface area contributed by atoms with Gasteiger partial charge in [0.05, 0.1) is 11.1 Å². The quantitative estimate of drug-likeness (QED) is 0.692. The van der Waals surface area contributed by atoms with Crippen LogP contribution in [0.1, 0.15) is 18.5 Å². The number of nitrogens with one attached hydrogen (secondary N) is 1. The van der Waals surface area contributed by atoms with Crippen molar-refractivity contribution >= 4 is 17.3 Å². The summed E-state index contributed by atoms with van der Waals surface area (Å²) in [6.07, 6.45) is 1.07. The van der Waals surface area contributed by atoms with E-state index in [0.717, 1.165) is 28.5 Å². The Morgan fingerprint density at radius 2 is 1.86 bits per heavy atom. The number of hydrogen-bond acceptors (Lipinski definition) is 4. The van der Waals surface area contributed by atoms with Crippen molar-refractivity contribution < 1.29 is 9.72 Å². The van der Waals surface area contributed by atoms with Crippen molar-refractivity contribution in [1.29, 1.82) is 0 Å². The third kappa shape index (κ3) is 3.38. The molecule has 2 aromatic rings.